The van der Waals surface area contributed by atoms with Crippen LogP contribution in [0, 0.1) is 0 Å². The highest BCUT2D eigenvalue weighted by molar-refractivity contribution is 6.05. The third-order valence-corrected chi connectivity index (χ3v) is 8.09. The van der Waals surface area contributed by atoms with Crippen LogP contribution in [0.25, 0.3) is 0 Å². The molecule has 246 valence electrons. The molecule has 0 aliphatic carbocycles. The van der Waals surface area contributed by atoms with Crippen LogP contribution < -0.4 is 18.9 Å². The summed E-state index contributed by atoms with van der Waals surface area (Å²) in [7, 11) is 1.37. The first-order valence-electron chi connectivity index (χ1n) is 14.2. The van der Waals surface area contributed by atoms with E-state index in [1.54, 1.807) is 6.07 Å². The number of benzene rings is 3. The van der Waals surface area contributed by atoms with Crippen LogP contribution in [0.1, 0.15) is 33.7 Å². The second-order valence-electron chi connectivity index (χ2n) is 11.0. The average molecular weight is 645 g/mol. The molecule has 8 N–H and O–H groups in total. The Balaban J connectivity index is 1.30. The van der Waals surface area contributed by atoms with Crippen molar-refractivity contribution in [1.82, 2.24) is 0 Å². The van der Waals surface area contributed by atoms with Gasteiger partial charge in [0.25, 0.3) is 0 Å². The lowest BCUT2D eigenvalue weighted by Gasteiger charge is -2.41. The first kappa shape index (κ1) is 31.6. The molecule has 46 heavy (non-hydrogen) atoms. The number of carbonyl (C=O) groups excluding carboxylic acids is 1. The van der Waals surface area contributed by atoms with Crippen LogP contribution in [0.3, 0.4) is 0 Å². The van der Waals surface area contributed by atoms with Crippen molar-refractivity contribution in [2.24, 2.45) is 0 Å². The molecule has 15 nitrogen and oxygen atoms in total. The van der Waals surface area contributed by atoms with E-state index in [1.165, 1.54) is 37.4 Å². The number of methoxy groups -OCH3 is 1. The zero-order valence-corrected chi connectivity index (χ0v) is 24.2. The van der Waals surface area contributed by atoms with Gasteiger partial charge >= 0.3 is 0 Å². The third kappa shape index (κ3) is 5.62. The third-order valence-electron chi connectivity index (χ3n) is 8.09. The Hall–Kier alpha value is -4.35. The van der Waals surface area contributed by atoms with Crippen LogP contribution >= 0.6 is 0 Å². The zero-order chi connectivity index (χ0) is 32.9. The second-order valence-corrected chi connectivity index (χ2v) is 11.0. The van der Waals surface area contributed by atoms with Gasteiger partial charge in [-0.25, -0.2) is 0 Å². The normalized spacial score (nSPS) is 30.3. The van der Waals surface area contributed by atoms with Gasteiger partial charge < -0.3 is 69.3 Å². The fraction of sp³-hybridized carbons (Fsp3) is 0.387. The number of Topliss-reactive ketones (excluding diaryl/α,β-unsaturated/α-hetero) is 1. The number of rotatable bonds is 7. The van der Waals surface area contributed by atoms with Gasteiger partial charge in [-0.3, -0.25) is 4.79 Å². The molecule has 15 heteroatoms. The minimum Gasteiger partial charge on any atom is -0.508 e. The van der Waals surface area contributed by atoms with Crippen molar-refractivity contribution in [3.8, 4) is 40.2 Å². The molecule has 0 aromatic heterocycles. The maximum absolute atomic E-state index is 12.9. The lowest BCUT2D eigenvalue weighted by atomic mass is 9.92. The molecule has 0 spiro atoms. The van der Waals surface area contributed by atoms with Crippen LogP contribution in [0.4, 0.5) is 0 Å². The molecule has 1 saturated heterocycles. The van der Waals surface area contributed by atoms with Gasteiger partial charge in [0.15, 0.2) is 53.7 Å². The highest BCUT2D eigenvalue weighted by Gasteiger charge is 2.45. The zero-order valence-electron chi connectivity index (χ0n) is 24.2. The fourth-order valence-corrected chi connectivity index (χ4v) is 5.66. The van der Waals surface area contributed by atoms with Crippen molar-refractivity contribution in [3.63, 3.8) is 0 Å². The van der Waals surface area contributed by atoms with Gasteiger partial charge in [0, 0.05) is 17.7 Å². The Morgan fingerprint density at radius 2 is 1.46 bits per heavy atom. The summed E-state index contributed by atoms with van der Waals surface area (Å²) in [4.78, 5) is 12.9. The topological polar surface area (TPSA) is 234 Å². The SMILES string of the molecule is COc1cc([C@H]2Oc3cc([C@H]4Oc5cc(O)cc(O)c5C(=O)[C@@H]4O)ccc3O[C@@H]2CO[C@@H]2O[C@H](CO)[C@@H](O)[C@H](O)[C@H]2O)ccc1O. The van der Waals surface area contributed by atoms with Gasteiger partial charge in [0.2, 0.25) is 5.78 Å². The highest BCUT2D eigenvalue weighted by Crippen LogP contribution is 2.46. The molecule has 0 bridgehead atoms. The molecule has 3 aliphatic heterocycles. The molecule has 6 rings (SSSR count). The average Bonchev–Trinajstić information content (AvgIpc) is 3.04. The minimum atomic E-state index is -1.71. The number of ether oxygens (including phenoxy) is 6. The van der Waals surface area contributed by atoms with E-state index >= 15 is 0 Å². The Labute approximate surface area is 260 Å². The van der Waals surface area contributed by atoms with Gasteiger partial charge in [-0.2, -0.15) is 0 Å². The summed E-state index contributed by atoms with van der Waals surface area (Å²) in [5, 5.41) is 81.2. The van der Waals surface area contributed by atoms with Gasteiger partial charge in [-0.1, -0.05) is 12.1 Å². The van der Waals surface area contributed by atoms with Crippen molar-refractivity contribution >= 4 is 5.78 Å². The molecule has 3 heterocycles. The van der Waals surface area contributed by atoms with Crippen LogP contribution in [0.2, 0.25) is 0 Å². The molecule has 0 amide bonds. The summed E-state index contributed by atoms with van der Waals surface area (Å²) in [6.07, 6.45) is -12.3. The summed E-state index contributed by atoms with van der Waals surface area (Å²) < 4.78 is 34.8. The van der Waals surface area contributed by atoms with E-state index in [0.717, 1.165) is 12.1 Å². The Morgan fingerprint density at radius 3 is 2.20 bits per heavy atom. The van der Waals surface area contributed by atoms with E-state index in [9.17, 15) is 45.6 Å². The van der Waals surface area contributed by atoms with Gasteiger partial charge in [0.05, 0.1) is 20.3 Å². The van der Waals surface area contributed by atoms with E-state index in [-0.39, 0.29) is 46.7 Å². The quantitative estimate of drug-likeness (QED) is 0.171. The monoisotopic (exact) mass is 644 g/mol. The lowest BCUT2D eigenvalue weighted by molar-refractivity contribution is -0.305. The first-order valence-corrected chi connectivity index (χ1v) is 14.2. The largest absolute Gasteiger partial charge is 0.508 e. The molecule has 3 aliphatic rings. The van der Waals surface area contributed by atoms with E-state index < -0.39 is 73.3 Å². The lowest BCUT2D eigenvalue weighted by Crippen LogP contribution is -2.59. The molecular formula is C31H32O15. The van der Waals surface area contributed by atoms with Crippen molar-refractivity contribution in [2.45, 2.75) is 55.1 Å². The summed E-state index contributed by atoms with van der Waals surface area (Å²) >= 11 is 0. The summed E-state index contributed by atoms with van der Waals surface area (Å²) in [6, 6.07) is 11.1. The van der Waals surface area contributed by atoms with Gasteiger partial charge in [0.1, 0.15) is 47.2 Å². The molecule has 1 fully saturated rings. The number of carbonyl (C=O) groups is 1. The Morgan fingerprint density at radius 1 is 0.739 bits per heavy atom. The maximum Gasteiger partial charge on any atom is 0.202 e. The van der Waals surface area contributed by atoms with E-state index in [4.69, 9.17) is 28.4 Å². The smallest absolute Gasteiger partial charge is 0.202 e. The summed E-state index contributed by atoms with van der Waals surface area (Å²) in [5.41, 5.74) is 0.509. The number of ketones is 1. The molecule has 3 aromatic rings. The predicted molar refractivity (Wildman–Crippen MR) is 152 cm³/mol. The Bertz CT molecular complexity index is 1610. The van der Waals surface area contributed by atoms with Crippen molar-refractivity contribution in [3.05, 3.63) is 65.2 Å². The van der Waals surface area contributed by atoms with Crippen LogP contribution in [-0.2, 0) is 9.47 Å². The molecule has 3 aromatic carbocycles. The Kier molecular flexibility index (Phi) is 8.56. The molecule has 0 unspecified atom stereocenters. The highest BCUT2D eigenvalue weighted by atomic mass is 16.7. The standard InChI is InChI=1S/C31H32O15/c1-41-18-6-12(2-4-15(18)34)29-22(11-42-31-28(40)26(38)24(36)21(10-32)46-31)43-17-5-3-13(7-19(17)44-29)30-27(39)25(37)23-16(35)8-14(33)9-20(23)45-30/h2-9,21-22,24,26-36,38-40H,10-11H2,1H3/t21-,22-,24-,26+,27+,28-,29-,30-,31-/m1/s1. The van der Waals surface area contributed by atoms with Crippen molar-refractivity contribution < 1.29 is 74.1 Å². The maximum atomic E-state index is 12.9. The number of fused-ring (bicyclic) bond motifs is 2. The fourth-order valence-electron chi connectivity index (χ4n) is 5.66. The van der Waals surface area contributed by atoms with Crippen LogP contribution in [0.15, 0.2) is 48.5 Å². The van der Waals surface area contributed by atoms with E-state index in [2.05, 4.69) is 0 Å². The van der Waals surface area contributed by atoms with Crippen molar-refractivity contribution in [1.29, 1.82) is 0 Å². The molecule has 0 saturated carbocycles. The number of phenols is 3. The van der Waals surface area contributed by atoms with Crippen molar-refractivity contribution in [2.75, 3.05) is 20.3 Å². The number of aliphatic hydroxyl groups excluding tert-OH is 5. The molecule has 9 atom stereocenters. The molecule has 0 radical (unpaired) electrons. The summed E-state index contributed by atoms with van der Waals surface area (Å²) in [5.74, 6) is -1.41. The number of hydrogen-bond acceptors (Lipinski definition) is 15. The van der Waals surface area contributed by atoms with Crippen LogP contribution in [-0.4, -0.2) is 110 Å². The minimum absolute atomic E-state index is 0.118. The molecular weight excluding hydrogens is 612 g/mol. The number of phenolic OH excluding ortho intramolecular Hbond substituents is 3. The van der Waals surface area contributed by atoms with Crippen LogP contribution in [0.5, 0.6) is 40.2 Å². The number of aliphatic hydroxyl groups is 5. The first-order chi connectivity index (χ1) is 22.0. The second kappa shape index (κ2) is 12.4. The number of aromatic hydroxyl groups is 3. The van der Waals surface area contributed by atoms with E-state index in [1.807, 2.05) is 0 Å². The van der Waals surface area contributed by atoms with Gasteiger partial charge in [-0.05, 0) is 29.8 Å². The van der Waals surface area contributed by atoms with E-state index in [0.29, 0.717) is 11.1 Å². The van der Waals surface area contributed by atoms with Gasteiger partial charge in [-0.15, -0.1) is 0 Å². The number of hydrogen-bond donors (Lipinski definition) is 8. The predicted octanol–water partition coefficient (Wildman–Crippen LogP) is 0.187. The summed E-state index contributed by atoms with van der Waals surface area (Å²) in [6.45, 7) is -0.932.